The summed E-state index contributed by atoms with van der Waals surface area (Å²) in [4.78, 5) is 23.0. The molecule has 0 spiro atoms. The monoisotopic (exact) mass is 236 g/mol. The van der Waals surface area contributed by atoms with Crippen molar-refractivity contribution in [3.05, 3.63) is 50.4 Å². The third-order valence-electron chi connectivity index (χ3n) is 2.05. The fraction of sp³-hybridized carbons (Fsp3) is 0.222. The van der Waals surface area contributed by atoms with Crippen LogP contribution >= 0.6 is 0 Å². The number of carbonyl (C=O) groups is 1. The summed E-state index contributed by atoms with van der Waals surface area (Å²) in [7, 11) is 0. The van der Waals surface area contributed by atoms with Gasteiger partial charge in [0.1, 0.15) is 6.04 Å². The fourth-order valence-electron chi connectivity index (χ4n) is 1.22. The number of aliphatic carboxylic acids is 1. The zero-order chi connectivity index (χ0) is 12.8. The van der Waals surface area contributed by atoms with Gasteiger partial charge >= 0.3 is 5.97 Å². The predicted octanol–water partition coefficient (Wildman–Crippen LogP) is 1.90. The summed E-state index contributed by atoms with van der Waals surface area (Å²) in [6.45, 7) is 0. The van der Waals surface area contributed by atoms with Crippen LogP contribution in [0.4, 0.5) is 5.69 Å². The maximum Gasteiger partial charge on any atom is 0.312 e. The first-order chi connectivity index (χ1) is 8.04. The molecule has 0 saturated carbocycles. The molecule has 1 N–H and O–H groups in total. The van der Waals surface area contributed by atoms with Gasteiger partial charge in [0.15, 0.2) is 0 Å². The molecule has 88 valence electrons. The number of nitrogens with zero attached hydrogens (tertiary/aromatic N) is 4. The van der Waals surface area contributed by atoms with Gasteiger partial charge in [0.25, 0.3) is 5.69 Å². The Hall–Kier alpha value is -2.60. The molecule has 0 unspecified atom stereocenters. The molecule has 0 radical (unpaired) electrons. The van der Waals surface area contributed by atoms with Crippen molar-refractivity contribution in [2.24, 2.45) is 5.11 Å². The van der Waals surface area contributed by atoms with E-state index in [4.69, 9.17) is 10.6 Å². The molecule has 0 bridgehead atoms. The second-order valence-electron chi connectivity index (χ2n) is 3.19. The predicted molar refractivity (Wildman–Crippen MR) is 57.4 cm³/mol. The van der Waals surface area contributed by atoms with Crippen LogP contribution in [0.1, 0.15) is 5.56 Å². The zero-order valence-electron chi connectivity index (χ0n) is 8.55. The molecule has 0 amide bonds. The summed E-state index contributed by atoms with van der Waals surface area (Å²) in [6.07, 6.45) is -0.00259. The minimum absolute atomic E-state index is 0.00259. The molecule has 0 aromatic heterocycles. The molecular weight excluding hydrogens is 228 g/mol. The Morgan fingerprint density at radius 2 is 2.12 bits per heavy atom. The molecule has 0 fully saturated rings. The van der Waals surface area contributed by atoms with E-state index in [9.17, 15) is 14.9 Å². The van der Waals surface area contributed by atoms with E-state index < -0.39 is 16.9 Å². The summed E-state index contributed by atoms with van der Waals surface area (Å²) in [5.41, 5.74) is 8.66. The van der Waals surface area contributed by atoms with Crippen LogP contribution in [0.15, 0.2) is 29.4 Å². The lowest BCUT2D eigenvalue weighted by Crippen LogP contribution is -2.19. The van der Waals surface area contributed by atoms with Crippen LogP contribution < -0.4 is 0 Å². The second-order valence-corrected chi connectivity index (χ2v) is 3.19. The SMILES string of the molecule is [N-]=[N+]=N[C@@H](Cc1ccc([N+](=O)[O-])cc1)C(=O)O. The number of nitro groups is 1. The van der Waals surface area contributed by atoms with Gasteiger partial charge in [-0.25, -0.2) is 0 Å². The van der Waals surface area contributed by atoms with Gasteiger partial charge in [-0.3, -0.25) is 14.9 Å². The van der Waals surface area contributed by atoms with Crippen LogP contribution in [0.3, 0.4) is 0 Å². The molecule has 0 aliphatic carbocycles. The number of carboxylic acids is 1. The molecule has 17 heavy (non-hydrogen) atoms. The van der Waals surface area contributed by atoms with E-state index in [1.54, 1.807) is 0 Å². The maximum absolute atomic E-state index is 10.7. The summed E-state index contributed by atoms with van der Waals surface area (Å²) in [5.74, 6) is -1.24. The van der Waals surface area contributed by atoms with Crippen LogP contribution in [-0.2, 0) is 11.2 Å². The number of benzene rings is 1. The van der Waals surface area contributed by atoms with Crippen molar-refractivity contribution in [3.8, 4) is 0 Å². The largest absolute Gasteiger partial charge is 0.481 e. The molecule has 1 atom stereocenters. The average molecular weight is 236 g/mol. The first-order valence-corrected chi connectivity index (χ1v) is 4.55. The highest BCUT2D eigenvalue weighted by Crippen LogP contribution is 2.14. The highest BCUT2D eigenvalue weighted by molar-refractivity contribution is 5.74. The summed E-state index contributed by atoms with van der Waals surface area (Å²) < 4.78 is 0. The van der Waals surface area contributed by atoms with Crippen LogP contribution in [0.25, 0.3) is 10.4 Å². The number of carboxylic acid groups (broad SMARTS) is 1. The van der Waals surface area contributed by atoms with Gasteiger partial charge in [0.05, 0.1) is 4.92 Å². The Bertz CT molecular complexity index is 476. The Balaban J connectivity index is 2.83. The van der Waals surface area contributed by atoms with Gasteiger partial charge < -0.3 is 5.11 Å². The minimum Gasteiger partial charge on any atom is -0.481 e. The summed E-state index contributed by atoms with van der Waals surface area (Å²) in [5, 5.41) is 22.2. The Morgan fingerprint density at radius 1 is 1.53 bits per heavy atom. The summed E-state index contributed by atoms with van der Waals surface area (Å²) >= 11 is 0. The third-order valence-corrected chi connectivity index (χ3v) is 2.05. The molecule has 1 aromatic rings. The summed E-state index contributed by atoms with van der Waals surface area (Å²) in [6, 6.07) is 4.19. The fourth-order valence-corrected chi connectivity index (χ4v) is 1.22. The van der Waals surface area contributed by atoms with Crippen molar-refractivity contribution in [2.75, 3.05) is 0 Å². The van der Waals surface area contributed by atoms with Crippen molar-refractivity contribution in [3.63, 3.8) is 0 Å². The van der Waals surface area contributed by atoms with Crippen LogP contribution in [-0.4, -0.2) is 22.0 Å². The van der Waals surface area contributed by atoms with E-state index >= 15 is 0 Å². The molecular formula is C9H8N4O4. The average Bonchev–Trinajstić information content (AvgIpc) is 2.29. The van der Waals surface area contributed by atoms with Gasteiger partial charge in [-0.05, 0) is 17.5 Å². The van der Waals surface area contributed by atoms with E-state index in [0.29, 0.717) is 5.56 Å². The highest BCUT2D eigenvalue weighted by Gasteiger charge is 2.16. The smallest absolute Gasteiger partial charge is 0.312 e. The molecule has 0 aliphatic rings. The van der Waals surface area contributed by atoms with Crippen molar-refractivity contribution in [2.45, 2.75) is 12.5 Å². The van der Waals surface area contributed by atoms with Crippen molar-refractivity contribution in [1.82, 2.24) is 0 Å². The lowest BCUT2D eigenvalue weighted by Gasteiger charge is -2.05. The normalized spacial score (nSPS) is 11.3. The lowest BCUT2D eigenvalue weighted by molar-refractivity contribution is -0.384. The van der Waals surface area contributed by atoms with Crippen molar-refractivity contribution >= 4 is 11.7 Å². The van der Waals surface area contributed by atoms with Gasteiger partial charge in [-0.2, -0.15) is 0 Å². The highest BCUT2D eigenvalue weighted by atomic mass is 16.6. The second kappa shape index (κ2) is 5.47. The first kappa shape index (κ1) is 12.5. The number of nitro benzene ring substituents is 1. The molecule has 0 saturated heterocycles. The molecule has 8 nitrogen and oxygen atoms in total. The molecule has 0 heterocycles. The van der Waals surface area contributed by atoms with E-state index in [0.717, 1.165) is 0 Å². The standard InChI is InChI=1S/C9H8N4O4/c10-12-11-8(9(14)15)5-6-1-3-7(4-2-6)13(16)17/h1-4,8H,5H2,(H,14,15)/t8-/m0/s1. The quantitative estimate of drug-likeness (QED) is 0.275. The zero-order valence-corrected chi connectivity index (χ0v) is 8.55. The van der Waals surface area contributed by atoms with Gasteiger partial charge in [0.2, 0.25) is 0 Å². The number of azide groups is 1. The van der Waals surface area contributed by atoms with Gasteiger partial charge in [-0.15, -0.1) is 0 Å². The molecule has 0 aliphatic heterocycles. The number of hydrogen-bond donors (Lipinski definition) is 1. The third kappa shape index (κ3) is 3.47. The minimum atomic E-state index is -1.24. The Kier molecular flexibility index (Phi) is 4.02. The van der Waals surface area contributed by atoms with E-state index in [2.05, 4.69) is 10.0 Å². The Labute approximate surface area is 95.3 Å². The maximum atomic E-state index is 10.7. The van der Waals surface area contributed by atoms with E-state index in [1.165, 1.54) is 24.3 Å². The number of rotatable bonds is 5. The first-order valence-electron chi connectivity index (χ1n) is 4.55. The number of hydrogen-bond acceptors (Lipinski definition) is 4. The molecule has 1 rings (SSSR count). The van der Waals surface area contributed by atoms with E-state index in [-0.39, 0.29) is 12.1 Å². The van der Waals surface area contributed by atoms with Crippen LogP contribution in [0.5, 0.6) is 0 Å². The number of non-ortho nitro benzene ring substituents is 1. The van der Waals surface area contributed by atoms with Crippen molar-refractivity contribution < 1.29 is 14.8 Å². The van der Waals surface area contributed by atoms with Gasteiger partial charge in [0, 0.05) is 17.0 Å². The van der Waals surface area contributed by atoms with E-state index in [1.807, 2.05) is 0 Å². The topological polar surface area (TPSA) is 129 Å². The van der Waals surface area contributed by atoms with Crippen LogP contribution in [0.2, 0.25) is 0 Å². The lowest BCUT2D eigenvalue weighted by atomic mass is 10.1. The van der Waals surface area contributed by atoms with Gasteiger partial charge in [-0.1, -0.05) is 17.2 Å². The van der Waals surface area contributed by atoms with Crippen LogP contribution in [0, 0.1) is 10.1 Å². The van der Waals surface area contributed by atoms with Crippen molar-refractivity contribution in [1.29, 1.82) is 0 Å². The molecule has 8 heteroatoms. The molecule has 1 aromatic carbocycles. The Morgan fingerprint density at radius 3 is 2.53 bits per heavy atom.